The van der Waals surface area contributed by atoms with Crippen molar-refractivity contribution < 1.29 is 73.0 Å². The van der Waals surface area contributed by atoms with E-state index >= 15 is 0 Å². The van der Waals surface area contributed by atoms with Crippen molar-refractivity contribution in [2.24, 2.45) is 0 Å². The van der Waals surface area contributed by atoms with Crippen molar-refractivity contribution in [3.63, 3.8) is 0 Å². The summed E-state index contributed by atoms with van der Waals surface area (Å²) in [5.74, 6) is -2.68. The van der Waals surface area contributed by atoms with E-state index in [2.05, 4.69) is 0 Å². The van der Waals surface area contributed by atoms with Gasteiger partial charge in [0.15, 0.2) is 34.5 Å². The number of rotatable bonds is 10. The maximum atomic E-state index is 14.0. The molecule has 1 saturated heterocycles. The Morgan fingerprint density at radius 2 is 1.46 bits per heavy atom. The highest BCUT2D eigenvalue weighted by Gasteiger charge is 2.46. The van der Waals surface area contributed by atoms with Crippen LogP contribution in [0.5, 0.6) is 46.0 Å². The highest BCUT2D eigenvalue weighted by molar-refractivity contribution is 5.92. The van der Waals surface area contributed by atoms with Crippen LogP contribution in [-0.4, -0.2) is 102 Å². The lowest BCUT2D eigenvalue weighted by Crippen LogP contribution is -2.60. The van der Waals surface area contributed by atoms with E-state index in [1.807, 2.05) is 0 Å². The molecule has 4 aromatic rings. The van der Waals surface area contributed by atoms with E-state index in [9.17, 15) is 40.2 Å². The summed E-state index contributed by atoms with van der Waals surface area (Å²) in [7, 11) is 5.12. The Balaban J connectivity index is 1.50. The van der Waals surface area contributed by atoms with Gasteiger partial charge in [0.05, 0.1) is 39.6 Å². The lowest BCUT2D eigenvalue weighted by molar-refractivity contribution is -0.277. The van der Waals surface area contributed by atoms with Crippen LogP contribution < -0.4 is 29.1 Å². The molecule has 256 valence electrons. The first-order valence-corrected chi connectivity index (χ1v) is 14.1. The smallest absolute Gasteiger partial charge is 0.338 e. The molecule has 0 aliphatic carbocycles. The molecule has 2 heterocycles. The van der Waals surface area contributed by atoms with Crippen LogP contribution >= 0.6 is 0 Å². The van der Waals surface area contributed by atoms with Crippen LogP contribution in [0.15, 0.2) is 51.9 Å². The van der Waals surface area contributed by atoms with Crippen LogP contribution in [0.3, 0.4) is 0 Å². The SMILES string of the molecule is COc1cc(C(=O)OC[C@H]2O[C@@H](Oc3c(OC)c(O)cc4occ(-c5cc(O)c(OC)c(OC)c5)c(=O)c34)[C@@H](O)[C@@H](O)[C@@H]2O)ccc1O. The van der Waals surface area contributed by atoms with E-state index in [1.165, 1.54) is 58.8 Å². The average Bonchev–Trinajstić information content (AvgIpc) is 3.07. The van der Waals surface area contributed by atoms with E-state index in [1.54, 1.807) is 0 Å². The van der Waals surface area contributed by atoms with Gasteiger partial charge in [-0.3, -0.25) is 4.79 Å². The number of carbonyl (C=O) groups is 1. The maximum Gasteiger partial charge on any atom is 0.338 e. The van der Waals surface area contributed by atoms with E-state index in [-0.39, 0.29) is 62.2 Å². The largest absolute Gasteiger partial charge is 0.504 e. The van der Waals surface area contributed by atoms with E-state index in [0.717, 1.165) is 12.3 Å². The maximum absolute atomic E-state index is 14.0. The molecule has 5 atom stereocenters. The highest BCUT2D eigenvalue weighted by Crippen LogP contribution is 2.45. The van der Waals surface area contributed by atoms with E-state index in [0.29, 0.717) is 0 Å². The van der Waals surface area contributed by atoms with Crippen molar-refractivity contribution in [2.45, 2.75) is 30.7 Å². The fraction of sp³-hybridized carbons (Fsp3) is 0.312. The third-order valence-electron chi connectivity index (χ3n) is 7.63. The summed E-state index contributed by atoms with van der Waals surface area (Å²) in [6.45, 7) is -0.639. The normalized spacial score (nSPS) is 20.6. The summed E-state index contributed by atoms with van der Waals surface area (Å²) in [6.07, 6.45) is -7.79. The number of phenols is 3. The first-order chi connectivity index (χ1) is 22.9. The van der Waals surface area contributed by atoms with Gasteiger partial charge in [0.1, 0.15) is 48.3 Å². The van der Waals surface area contributed by atoms with Gasteiger partial charge in [-0.2, -0.15) is 0 Å². The number of hydrogen-bond donors (Lipinski definition) is 6. The van der Waals surface area contributed by atoms with Gasteiger partial charge in [0.25, 0.3) is 0 Å². The number of ether oxygens (including phenoxy) is 7. The average molecular weight is 673 g/mol. The zero-order chi connectivity index (χ0) is 34.9. The molecule has 6 N–H and O–H groups in total. The van der Waals surface area contributed by atoms with E-state index < -0.39 is 60.2 Å². The fourth-order valence-corrected chi connectivity index (χ4v) is 5.14. The molecule has 16 heteroatoms. The minimum absolute atomic E-state index is 0.00765. The number of methoxy groups -OCH3 is 4. The van der Waals surface area contributed by atoms with Crippen LogP contribution in [-0.2, 0) is 9.47 Å². The van der Waals surface area contributed by atoms with Crippen LogP contribution in [0, 0.1) is 0 Å². The van der Waals surface area contributed by atoms with E-state index in [4.69, 9.17) is 37.6 Å². The van der Waals surface area contributed by atoms with Crippen molar-refractivity contribution in [3.05, 3.63) is 58.4 Å². The summed E-state index contributed by atoms with van der Waals surface area (Å²) < 4.78 is 43.2. The molecule has 0 bridgehead atoms. The van der Waals surface area contributed by atoms with Crippen LogP contribution in [0.25, 0.3) is 22.1 Å². The Bertz CT molecular complexity index is 1880. The van der Waals surface area contributed by atoms with Crippen molar-refractivity contribution in [1.29, 1.82) is 0 Å². The van der Waals surface area contributed by atoms with Gasteiger partial charge in [0.2, 0.25) is 23.2 Å². The molecule has 3 aromatic carbocycles. The van der Waals surface area contributed by atoms with Gasteiger partial charge in [-0.1, -0.05) is 0 Å². The number of aromatic hydroxyl groups is 3. The second-order valence-corrected chi connectivity index (χ2v) is 10.5. The third-order valence-corrected chi connectivity index (χ3v) is 7.63. The lowest BCUT2D eigenvalue weighted by atomic mass is 9.99. The highest BCUT2D eigenvalue weighted by atomic mass is 16.7. The van der Waals surface area contributed by atoms with Gasteiger partial charge in [-0.05, 0) is 35.9 Å². The van der Waals surface area contributed by atoms with Gasteiger partial charge >= 0.3 is 5.97 Å². The summed E-state index contributed by atoms with van der Waals surface area (Å²) in [4.78, 5) is 26.7. The number of hydrogen-bond acceptors (Lipinski definition) is 16. The summed E-state index contributed by atoms with van der Waals surface area (Å²) in [6, 6.07) is 7.46. The van der Waals surface area contributed by atoms with Crippen molar-refractivity contribution in [3.8, 4) is 57.1 Å². The third kappa shape index (κ3) is 6.16. The Morgan fingerprint density at radius 3 is 2.12 bits per heavy atom. The molecule has 1 fully saturated rings. The Hall–Kier alpha value is -5.42. The monoisotopic (exact) mass is 672 g/mol. The molecule has 0 amide bonds. The second-order valence-electron chi connectivity index (χ2n) is 10.5. The lowest BCUT2D eigenvalue weighted by Gasteiger charge is -2.40. The molecule has 0 saturated carbocycles. The van der Waals surface area contributed by atoms with Gasteiger partial charge < -0.3 is 68.2 Å². The molecule has 0 spiro atoms. The zero-order valence-corrected chi connectivity index (χ0v) is 25.9. The summed E-state index contributed by atoms with van der Waals surface area (Å²) in [5.41, 5.74) is -0.865. The minimum Gasteiger partial charge on any atom is -0.504 e. The first kappa shape index (κ1) is 33.9. The summed E-state index contributed by atoms with van der Waals surface area (Å²) >= 11 is 0. The molecule has 16 nitrogen and oxygen atoms in total. The van der Waals surface area contributed by atoms with Crippen molar-refractivity contribution in [2.75, 3.05) is 35.0 Å². The van der Waals surface area contributed by atoms with Crippen LogP contribution in [0.2, 0.25) is 0 Å². The first-order valence-electron chi connectivity index (χ1n) is 14.1. The number of phenolic OH excluding ortho intramolecular Hbond substituents is 3. The topological polar surface area (TPSA) is 233 Å². The Kier molecular flexibility index (Phi) is 9.72. The predicted octanol–water partition coefficient (Wildman–Crippen LogP) is 1.65. The van der Waals surface area contributed by atoms with Gasteiger partial charge in [-0.15, -0.1) is 0 Å². The summed E-state index contributed by atoms with van der Waals surface area (Å²) in [5, 5.41) is 62.7. The number of benzene rings is 3. The van der Waals surface area contributed by atoms with Crippen LogP contribution in [0.4, 0.5) is 0 Å². The molecule has 48 heavy (non-hydrogen) atoms. The zero-order valence-electron chi connectivity index (χ0n) is 25.9. The molecule has 1 aromatic heterocycles. The second kappa shape index (κ2) is 13.7. The minimum atomic E-state index is -1.92. The molecule has 1 aliphatic rings. The quantitative estimate of drug-likeness (QED) is 0.131. The fourth-order valence-electron chi connectivity index (χ4n) is 5.14. The predicted molar refractivity (Wildman–Crippen MR) is 163 cm³/mol. The molecule has 0 radical (unpaired) electrons. The Labute approximate surface area is 271 Å². The molecule has 5 rings (SSSR count). The Morgan fingerprint density at radius 1 is 0.771 bits per heavy atom. The molecule has 1 aliphatic heterocycles. The van der Waals surface area contributed by atoms with Crippen LogP contribution in [0.1, 0.15) is 10.4 Å². The molecule has 0 unspecified atom stereocenters. The molecular formula is C32H32O16. The van der Waals surface area contributed by atoms with Gasteiger partial charge in [-0.25, -0.2) is 4.79 Å². The number of fused-ring (bicyclic) bond motifs is 1. The number of esters is 1. The number of aliphatic hydroxyl groups is 3. The molecular weight excluding hydrogens is 640 g/mol. The van der Waals surface area contributed by atoms with Gasteiger partial charge in [0, 0.05) is 6.07 Å². The van der Waals surface area contributed by atoms with Crippen molar-refractivity contribution >= 4 is 16.9 Å². The number of carbonyl (C=O) groups excluding carboxylic acids is 1. The van der Waals surface area contributed by atoms with Crippen molar-refractivity contribution in [1.82, 2.24) is 0 Å². The number of aliphatic hydroxyl groups excluding tert-OH is 3. The standard InChI is InChI=1S/C32H32O16/c1-41-19-8-13(5-6-16(19)33)31(40)46-12-22-25(37)26(38)27(39)32(47-22)48-30-23-20(10-18(35)29(30)44-4)45-11-15(24(23)36)14-7-17(34)28(43-3)21(9-14)42-2/h5-11,22,25-27,32-35,37-39H,12H2,1-4H3/t22-,25-,26+,27+,32+/m1/s1.